The third-order valence-electron chi connectivity index (χ3n) is 6.03. The van der Waals surface area contributed by atoms with Gasteiger partial charge >= 0.3 is 0 Å². The van der Waals surface area contributed by atoms with Gasteiger partial charge in [0.1, 0.15) is 5.75 Å². The molecule has 0 unspecified atom stereocenters. The molecule has 6 nitrogen and oxygen atoms in total. The molecule has 0 bridgehead atoms. The molecule has 1 fully saturated rings. The zero-order valence-corrected chi connectivity index (χ0v) is 17.9. The second kappa shape index (κ2) is 9.69. The maximum absolute atomic E-state index is 12.8. The highest BCUT2D eigenvalue weighted by Gasteiger charge is 2.28. The lowest BCUT2D eigenvalue weighted by molar-refractivity contribution is -0.135. The summed E-state index contributed by atoms with van der Waals surface area (Å²) in [4.78, 5) is 30.6. The van der Waals surface area contributed by atoms with E-state index in [2.05, 4.69) is 16.4 Å². The van der Waals surface area contributed by atoms with Crippen molar-refractivity contribution in [1.29, 1.82) is 0 Å². The SMILES string of the molecule is COc1cccc(CNC(=O)[C@@H]2CCCN(C(=O)CCc3c[nH]c4ccccc34)C2)c1. The number of aromatic nitrogens is 1. The number of carbonyl (C=O) groups is 2. The minimum absolute atomic E-state index is 0.0111. The Morgan fingerprint density at radius 3 is 2.94 bits per heavy atom. The number of aromatic amines is 1. The van der Waals surface area contributed by atoms with E-state index in [1.807, 2.05) is 53.6 Å². The number of hydrogen-bond acceptors (Lipinski definition) is 3. The first-order valence-electron chi connectivity index (χ1n) is 10.9. The number of nitrogens with one attached hydrogen (secondary N) is 2. The highest BCUT2D eigenvalue weighted by Crippen LogP contribution is 2.21. The number of rotatable bonds is 7. The van der Waals surface area contributed by atoms with E-state index in [1.165, 1.54) is 5.39 Å². The van der Waals surface area contributed by atoms with Gasteiger partial charge in [-0.25, -0.2) is 0 Å². The second-order valence-electron chi connectivity index (χ2n) is 8.11. The zero-order chi connectivity index (χ0) is 21.6. The monoisotopic (exact) mass is 419 g/mol. The smallest absolute Gasteiger partial charge is 0.225 e. The van der Waals surface area contributed by atoms with E-state index in [4.69, 9.17) is 4.74 Å². The van der Waals surface area contributed by atoms with Crippen molar-refractivity contribution < 1.29 is 14.3 Å². The van der Waals surface area contributed by atoms with Gasteiger partial charge in [-0.1, -0.05) is 30.3 Å². The highest BCUT2D eigenvalue weighted by atomic mass is 16.5. The van der Waals surface area contributed by atoms with Crippen LogP contribution in [0.4, 0.5) is 0 Å². The van der Waals surface area contributed by atoms with Crippen LogP contribution in [0.25, 0.3) is 10.9 Å². The average Bonchev–Trinajstić information content (AvgIpc) is 3.24. The van der Waals surface area contributed by atoms with Gasteiger partial charge in [0.15, 0.2) is 0 Å². The fourth-order valence-electron chi connectivity index (χ4n) is 4.27. The van der Waals surface area contributed by atoms with Crippen molar-refractivity contribution in [2.75, 3.05) is 20.2 Å². The maximum Gasteiger partial charge on any atom is 0.225 e. The van der Waals surface area contributed by atoms with E-state index in [1.54, 1.807) is 7.11 Å². The van der Waals surface area contributed by atoms with Gasteiger partial charge in [-0.15, -0.1) is 0 Å². The Hall–Kier alpha value is -3.28. The summed E-state index contributed by atoms with van der Waals surface area (Å²) in [7, 11) is 1.63. The topological polar surface area (TPSA) is 74.4 Å². The van der Waals surface area contributed by atoms with E-state index in [-0.39, 0.29) is 17.7 Å². The standard InChI is InChI=1S/C25H29N3O3/c1-31-21-8-4-6-18(14-21)15-27-25(30)20-7-5-13-28(17-20)24(29)12-11-19-16-26-23-10-3-2-9-22(19)23/h2-4,6,8-10,14,16,20,26H,5,7,11-13,15,17H2,1H3,(H,27,30)/t20-/m1/s1. The van der Waals surface area contributed by atoms with Gasteiger partial charge in [-0.05, 0) is 48.6 Å². The van der Waals surface area contributed by atoms with Crippen LogP contribution in [-0.2, 0) is 22.6 Å². The molecule has 1 saturated heterocycles. The normalized spacial score (nSPS) is 16.3. The van der Waals surface area contributed by atoms with Crippen LogP contribution in [0.1, 0.15) is 30.4 Å². The molecular weight excluding hydrogens is 390 g/mol. The van der Waals surface area contributed by atoms with Crippen LogP contribution in [0.15, 0.2) is 54.7 Å². The van der Waals surface area contributed by atoms with Crippen molar-refractivity contribution in [3.8, 4) is 5.75 Å². The summed E-state index contributed by atoms with van der Waals surface area (Å²) in [5.41, 5.74) is 3.25. The van der Waals surface area contributed by atoms with Crippen molar-refractivity contribution in [1.82, 2.24) is 15.2 Å². The summed E-state index contributed by atoms with van der Waals surface area (Å²) >= 11 is 0. The van der Waals surface area contributed by atoms with Crippen LogP contribution in [0.3, 0.4) is 0 Å². The molecule has 0 radical (unpaired) electrons. The molecule has 3 aromatic rings. The van der Waals surface area contributed by atoms with E-state index in [9.17, 15) is 9.59 Å². The molecule has 0 saturated carbocycles. The first-order chi connectivity index (χ1) is 15.1. The Morgan fingerprint density at radius 1 is 1.19 bits per heavy atom. The molecule has 1 atom stereocenters. The summed E-state index contributed by atoms with van der Waals surface area (Å²) in [5.74, 6) is 0.750. The lowest BCUT2D eigenvalue weighted by Crippen LogP contribution is -2.45. The Balaban J connectivity index is 1.29. The van der Waals surface area contributed by atoms with Crippen LogP contribution in [0.5, 0.6) is 5.75 Å². The molecular formula is C25H29N3O3. The van der Waals surface area contributed by atoms with Crippen LogP contribution in [-0.4, -0.2) is 41.9 Å². The predicted octanol–water partition coefficient (Wildman–Crippen LogP) is 3.66. The van der Waals surface area contributed by atoms with Crippen LogP contribution < -0.4 is 10.1 Å². The molecule has 4 rings (SSSR count). The molecule has 1 aliphatic heterocycles. The first kappa shape index (κ1) is 21.0. The molecule has 31 heavy (non-hydrogen) atoms. The Labute approximate surface area is 182 Å². The predicted molar refractivity (Wildman–Crippen MR) is 121 cm³/mol. The summed E-state index contributed by atoms with van der Waals surface area (Å²) in [5, 5.41) is 4.19. The molecule has 2 amide bonds. The molecule has 6 heteroatoms. The summed E-state index contributed by atoms with van der Waals surface area (Å²) in [6.07, 6.45) is 4.82. The van der Waals surface area contributed by atoms with E-state index >= 15 is 0 Å². The van der Waals surface area contributed by atoms with Crippen molar-refractivity contribution in [2.45, 2.75) is 32.2 Å². The van der Waals surface area contributed by atoms with Gasteiger partial charge in [-0.3, -0.25) is 9.59 Å². The fourth-order valence-corrected chi connectivity index (χ4v) is 4.27. The number of hydrogen-bond donors (Lipinski definition) is 2. The summed E-state index contributed by atoms with van der Waals surface area (Å²) in [6, 6.07) is 15.8. The van der Waals surface area contributed by atoms with E-state index in [0.717, 1.165) is 41.8 Å². The molecule has 0 spiro atoms. The highest BCUT2D eigenvalue weighted by molar-refractivity contribution is 5.84. The number of carbonyl (C=O) groups excluding carboxylic acids is 2. The molecule has 2 N–H and O–H groups in total. The molecule has 0 aliphatic carbocycles. The minimum Gasteiger partial charge on any atom is -0.497 e. The van der Waals surface area contributed by atoms with Crippen molar-refractivity contribution in [2.24, 2.45) is 5.92 Å². The van der Waals surface area contributed by atoms with Crippen LogP contribution >= 0.6 is 0 Å². The van der Waals surface area contributed by atoms with Gasteiger partial charge in [0.2, 0.25) is 11.8 Å². The Bertz CT molecular complexity index is 1060. The minimum atomic E-state index is -0.156. The number of fused-ring (bicyclic) bond motifs is 1. The number of ether oxygens (including phenoxy) is 1. The van der Waals surface area contributed by atoms with Crippen LogP contribution in [0, 0.1) is 5.92 Å². The fraction of sp³-hybridized carbons (Fsp3) is 0.360. The number of amides is 2. The summed E-state index contributed by atoms with van der Waals surface area (Å²) in [6.45, 7) is 1.68. The third kappa shape index (κ3) is 5.08. The second-order valence-corrected chi connectivity index (χ2v) is 8.11. The number of nitrogens with zero attached hydrogens (tertiary/aromatic N) is 1. The van der Waals surface area contributed by atoms with Gasteiger partial charge in [-0.2, -0.15) is 0 Å². The van der Waals surface area contributed by atoms with Gasteiger partial charge < -0.3 is 19.9 Å². The lowest BCUT2D eigenvalue weighted by Gasteiger charge is -2.32. The van der Waals surface area contributed by atoms with Gasteiger partial charge in [0.25, 0.3) is 0 Å². The first-order valence-corrected chi connectivity index (χ1v) is 10.9. The van der Waals surface area contributed by atoms with Crippen molar-refractivity contribution in [3.63, 3.8) is 0 Å². The molecule has 162 valence electrons. The van der Waals surface area contributed by atoms with Crippen molar-refractivity contribution in [3.05, 3.63) is 65.9 Å². The summed E-state index contributed by atoms with van der Waals surface area (Å²) < 4.78 is 5.23. The third-order valence-corrected chi connectivity index (χ3v) is 6.03. The van der Waals surface area contributed by atoms with Gasteiger partial charge in [0, 0.05) is 43.2 Å². The van der Waals surface area contributed by atoms with Gasteiger partial charge in [0.05, 0.1) is 13.0 Å². The number of methoxy groups -OCH3 is 1. The number of H-pyrrole nitrogens is 1. The molecule has 1 aliphatic rings. The zero-order valence-electron chi connectivity index (χ0n) is 17.9. The van der Waals surface area contributed by atoms with E-state index in [0.29, 0.717) is 25.9 Å². The number of aryl methyl sites for hydroxylation is 1. The quantitative estimate of drug-likeness (QED) is 0.614. The van der Waals surface area contributed by atoms with E-state index < -0.39 is 0 Å². The lowest BCUT2D eigenvalue weighted by atomic mass is 9.96. The largest absolute Gasteiger partial charge is 0.497 e. The Kier molecular flexibility index (Phi) is 6.55. The Morgan fingerprint density at radius 2 is 2.06 bits per heavy atom. The molecule has 2 aromatic carbocycles. The number of para-hydroxylation sites is 1. The van der Waals surface area contributed by atoms with Crippen LogP contribution in [0.2, 0.25) is 0 Å². The number of benzene rings is 2. The van der Waals surface area contributed by atoms with Crippen molar-refractivity contribution >= 4 is 22.7 Å². The average molecular weight is 420 g/mol. The maximum atomic E-state index is 12.8. The molecule has 1 aromatic heterocycles. The molecule has 2 heterocycles. The number of piperidine rings is 1. The number of likely N-dealkylation sites (tertiary alicyclic amines) is 1.